The van der Waals surface area contributed by atoms with Crippen LogP contribution >= 0.6 is 11.6 Å². The zero-order valence-electron chi connectivity index (χ0n) is 12.4. The number of nitrogens with zero attached hydrogens (tertiary/aromatic N) is 2. The molecule has 0 amide bonds. The molecular formula is C16H13ClN2O5. The highest BCUT2D eigenvalue weighted by atomic mass is 35.5. The first-order chi connectivity index (χ1) is 11.5. The Balaban J connectivity index is 1.96. The van der Waals surface area contributed by atoms with Gasteiger partial charge in [0.2, 0.25) is 5.75 Å². The SMILES string of the molecule is O=C(CN=Cc1cc(Cl)cc([N+](=O)[O-])c1O)OCc1ccccc1. The number of phenolic OH excluding ortho intramolecular Hbond substituents is 1. The lowest BCUT2D eigenvalue weighted by molar-refractivity contribution is -0.385. The number of nitro benzene ring substituents is 1. The third-order valence-electron chi connectivity index (χ3n) is 2.97. The standard InChI is InChI=1S/C16H13ClN2O5/c17-13-6-12(16(21)14(7-13)19(22)23)8-18-9-15(20)24-10-11-4-2-1-3-5-11/h1-8,21H,9-10H2. The molecule has 0 aliphatic rings. The van der Waals surface area contributed by atoms with Crippen LogP contribution in [0.4, 0.5) is 5.69 Å². The summed E-state index contributed by atoms with van der Waals surface area (Å²) in [5, 5.41) is 20.7. The Morgan fingerprint density at radius 1 is 1.33 bits per heavy atom. The second kappa shape index (κ2) is 8.07. The number of ether oxygens (including phenoxy) is 1. The van der Waals surface area contributed by atoms with Gasteiger partial charge in [0.15, 0.2) is 0 Å². The van der Waals surface area contributed by atoms with E-state index in [4.69, 9.17) is 16.3 Å². The van der Waals surface area contributed by atoms with Crippen LogP contribution in [0, 0.1) is 10.1 Å². The fourth-order valence-electron chi connectivity index (χ4n) is 1.85. The average Bonchev–Trinajstić information content (AvgIpc) is 2.56. The molecule has 1 N–H and O–H groups in total. The lowest BCUT2D eigenvalue weighted by Crippen LogP contribution is -2.08. The quantitative estimate of drug-likeness (QED) is 0.374. The van der Waals surface area contributed by atoms with Crippen LogP contribution in [0.25, 0.3) is 0 Å². The minimum atomic E-state index is -0.757. The fourth-order valence-corrected chi connectivity index (χ4v) is 2.07. The normalized spacial score (nSPS) is 10.7. The zero-order valence-corrected chi connectivity index (χ0v) is 13.1. The molecular weight excluding hydrogens is 336 g/mol. The lowest BCUT2D eigenvalue weighted by Gasteiger charge is -2.03. The van der Waals surface area contributed by atoms with E-state index in [1.807, 2.05) is 30.3 Å². The van der Waals surface area contributed by atoms with Gasteiger partial charge in [-0.05, 0) is 11.6 Å². The van der Waals surface area contributed by atoms with E-state index >= 15 is 0 Å². The van der Waals surface area contributed by atoms with Crippen molar-refractivity contribution in [1.82, 2.24) is 0 Å². The Kier molecular flexibility index (Phi) is 5.86. The molecule has 7 nitrogen and oxygen atoms in total. The summed E-state index contributed by atoms with van der Waals surface area (Å²) in [5.74, 6) is -1.13. The van der Waals surface area contributed by atoms with Crippen LogP contribution in [0.5, 0.6) is 5.75 Å². The fraction of sp³-hybridized carbons (Fsp3) is 0.125. The molecule has 0 bridgehead atoms. The van der Waals surface area contributed by atoms with Gasteiger partial charge in [0, 0.05) is 22.9 Å². The van der Waals surface area contributed by atoms with Gasteiger partial charge in [0.05, 0.1) is 4.92 Å². The molecule has 24 heavy (non-hydrogen) atoms. The van der Waals surface area contributed by atoms with Crippen molar-refractivity contribution < 1.29 is 19.6 Å². The average molecular weight is 349 g/mol. The summed E-state index contributed by atoms with van der Waals surface area (Å²) in [6, 6.07) is 11.5. The number of phenols is 1. The van der Waals surface area contributed by atoms with E-state index in [2.05, 4.69) is 4.99 Å². The van der Waals surface area contributed by atoms with Crippen LogP contribution < -0.4 is 0 Å². The summed E-state index contributed by atoms with van der Waals surface area (Å²) >= 11 is 5.76. The topological polar surface area (TPSA) is 102 Å². The van der Waals surface area contributed by atoms with Gasteiger partial charge in [-0.25, -0.2) is 0 Å². The minimum Gasteiger partial charge on any atom is -0.502 e. The molecule has 0 unspecified atom stereocenters. The molecule has 0 aliphatic heterocycles. The van der Waals surface area contributed by atoms with Crippen molar-refractivity contribution in [2.24, 2.45) is 4.99 Å². The molecule has 2 aromatic carbocycles. The van der Waals surface area contributed by atoms with Crippen LogP contribution in [-0.4, -0.2) is 28.8 Å². The molecule has 0 aromatic heterocycles. The monoisotopic (exact) mass is 348 g/mol. The maximum Gasteiger partial charge on any atom is 0.328 e. The number of halogens is 1. The smallest absolute Gasteiger partial charge is 0.328 e. The van der Waals surface area contributed by atoms with E-state index in [1.54, 1.807) is 0 Å². The predicted molar refractivity (Wildman–Crippen MR) is 88.5 cm³/mol. The molecule has 0 spiro atoms. The number of aromatic hydroxyl groups is 1. The second-order valence-corrected chi connectivity index (χ2v) is 5.17. The molecule has 0 saturated carbocycles. The van der Waals surface area contributed by atoms with Crippen molar-refractivity contribution in [2.75, 3.05) is 6.54 Å². The number of carbonyl (C=O) groups is 1. The number of rotatable bonds is 6. The summed E-state index contributed by atoms with van der Waals surface area (Å²) in [6.07, 6.45) is 1.14. The van der Waals surface area contributed by atoms with Gasteiger partial charge >= 0.3 is 11.7 Å². The van der Waals surface area contributed by atoms with E-state index < -0.39 is 22.3 Å². The summed E-state index contributed by atoms with van der Waals surface area (Å²) in [6.45, 7) is -0.157. The van der Waals surface area contributed by atoms with Crippen LogP contribution in [0.2, 0.25) is 5.02 Å². The van der Waals surface area contributed by atoms with E-state index in [-0.39, 0.29) is 23.7 Å². The highest BCUT2D eigenvalue weighted by Gasteiger charge is 2.17. The number of hydrogen-bond donors (Lipinski definition) is 1. The maximum atomic E-state index is 11.6. The second-order valence-electron chi connectivity index (χ2n) is 4.74. The molecule has 0 saturated heterocycles. The molecule has 0 heterocycles. The van der Waals surface area contributed by atoms with Gasteiger partial charge in [-0.1, -0.05) is 41.9 Å². The number of aliphatic imine (C=N–C) groups is 1. The highest BCUT2D eigenvalue weighted by molar-refractivity contribution is 6.31. The van der Waals surface area contributed by atoms with Gasteiger partial charge in [0.25, 0.3) is 0 Å². The maximum absolute atomic E-state index is 11.6. The molecule has 0 radical (unpaired) electrons. The minimum absolute atomic E-state index is 0.0464. The van der Waals surface area contributed by atoms with Gasteiger partial charge in [-0.2, -0.15) is 0 Å². The largest absolute Gasteiger partial charge is 0.502 e. The molecule has 8 heteroatoms. The van der Waals surface area contributed by atoms with Crippen LogP contribution in [0.1, 0.15) is 11.1 Å². The zero-order chi connectivity index (χ0) is 17.5. The van der Waals surface area contributed by atoms with Crippen molar-refractivity contribution in [3.63, 3.8) is 0 Å². The number of hydrogen-bond acceptors (Lipinski definition) is 6. The van der Waals surface area contributed by atoms with E-state index in [9.17, 15) is 20.0 Å². The number of benzene rings is 2. The van der Waals surface area contributed by atoms with Crippen molar-refractivity contribution in [1.29, 1.82) is 0 Å². The van der Waals surface area contributed by atoms with Gasteiger partial charge < -0.3 is 9.84 Å². The lowest BCUT2D eigenvalue weighted by atomic mass is 10.2. The Morgan fingerprint density at radius 2 is 2.04 bits per heavy atom. The molecule has 2 aromatic rings. The van der Waals surface area contributed by atoms with Gasteiger partial charge in [0.1, 0.15) is 13.2 Å². The third kappa shape index (κ3) is 4.79. The Bertz CT molecular complexity index is 778. The van der Waals surface area contributed by atoms with E-state index in [0.29, 0.717) is 0 Å². The Hall–Kier alpha value is -2.93. The van der Waals surface area contributed by atoms with Crippen molar-refractivity contribution in [3.8, 4) is 5.75 Å². The summed E-state index contributed by atoms with van der Waals surface area (Å²) in [7, 11) is 0. The molecule has 2 rings (SSSR count). The predicted octanol–water partition coefficient (Wildman–Crippen LogP) is 3.12. The van der Waals surface area contributed by atoms with Crippen LogP contribution in [-0.2, 0) is 16.1 Å². The highest BCUT2D eigenvalue weighted by Crippen LogP contribution is 2.32. The first-order valence-electron chi connectivity index (χ1n) is 6.83. The van der Waals surface area contributed by atoms with Crippen molar-refractivity contribution in [3.05, 3.63) is 68.7 Å². The van der Waals surface area contributed by atoms with Crippen molar-refractivity contribution >= 4 is 29.5 Å². The summed E-state index contributed by atoms with van der Waals surface area (Å²) in [5.41, 5.74) is 0.360. The first-order valence-corrected chi connectivity index (χ1v) is 7.21. The van der Waals surface area contributed by atoms with E-state index in [1.165, 1.54) is 6.07 Å². The van der Waals surface area contributed by atoms with Gasteiger partial charge in [-0.15, -0.1) is 0 Å². The molecule has 0 fully saturated rings. The molecule has 124 valence electrons. The van der Waals surface area contributed by atoms with Crippen LogP contribution in [0.3, 0.4) is 0 Å². The summed E-state index contributed by atoms with van der Waals surface area (Å²) in [4.78, 5) is 25.5. The Morgan fingerprint density at radius 3 is 2.71 bits per heavy atom. The summed E-state index contributed by atoms with van der Waals surface area (Å²) < 4.78 is 5.03. The Labute approximate surface area is 142 Å². The first kappa shape index (κ1) is 17.4. The van der Waals surface area contributed by atoms with Crippen molar-refractivity contribution in [2.45, 2.75) is 6.61 Å². The molecule has 0 aliphatic carbocycles. The third-order valence-corrected chi connectivity index (χ3v) is 3.19. The van der Waals surface area contributed by atoms with Crippen LogP contribution in [0.15, 0.2) is 47.5 Å². The molecule has 0 atom stereocenters. The van der Waals surface area contributed by atoms with Gasteiger partial charge in [-0.3, -0.25) is 19.9 Å². The number of esters is 1. The number of nitro groups is 1. The van der Waals surface area contributed by atoms with E-state index in [0.717, 1.165) is 17.8 Å². The number of carbonyl (C=O) groups excluding carboxylic acids is 1.